The summed E-state index contributed by atoms with van der Waals surface area (Å²) in [5.41, 5.74) is -0.356. The number of ether oxygens (including phenoxy) is 1. The third-order valence-corrected chi connectivity index (χ3v) is 4.01. The molecular weight excluding hydrogens is 308 g/mol. The van der Waals surface area contributed by atoms with Gasteiger partial charge in [-0.2, -0.15) is 0 Å². The smallest absolute Gasteiger partial charge is 0.336 e. The Kier molecular flexibility index (Phi) is 4.07. The lowest BCUT2D eigenvalue weighted by molar-refractivity contribution is -0.297. The van der Waals surface area contributed by atoms with E-state index in [0.29, 0.717) is 17.8 Å². The summed E-state index contributed by atoms with van der Waals surface area (Å²) in [7, 11) is 0. The van der Waals surface area contributed by atoms with Gasteiger partial charge in [0, 0.05) is 17.9 Å². The van der Waals surface area contributed by atoms with E-state index in [0.717, 1.165) is 10.9 Å². The van der Waals surface area contributed by atoms with Crippen LogP contribution in [0.4, 0.5) is 0 Å². The van der Waals surface area contributed by atoms with Gasteiger partial charge in [-0.1, -0.05) is 12.2 Å². The SMILES string of the molecule is CC(C)(/C=C/CC1(C)C=Cc2c(ccc3ccc(=O)oc23)O1)OO. The number of rotatable bonds is 4. The summed E-state index contributed by atoms with van der Waals surface area (Å²) < 4.78 is 11.4. The van der Waals surface area contributed by atoms with Crippen molar-refractivity contribution in [3.05, 3.63) is 58.5 Å². The van der Waals surface area contributed by atoms with Crippen molar-refractivity contribution in [1.29, 1.82) is 0 Å². The van der Waals surface area contributed by atoms with Gasteiger partial charge in [0.25, 0.3) is 0 Å². The standard InChI is InChI=1S/C19H20O5/c1-18(2,24-21)10-4-11-19(3)12-9-14-15(23-19)7-5-13-6-8-16(20)22-17(13)14/h4-10,12,21H,11H2,1-3H3/b10-4+. The zero-order valence-corrected chi connectivity index (χ0v) is 13.9. The van der Waals surface area contributed by atoms with Gasteiger partial charge >= 0.3 is 5.63 Å². The first-order valence-corrected chi connectivity index (χ1v) is 7.77. The number of benzene rings is 1. The molecule has 1 atom stereocenters. The summed E-state index contributed by atoms with van der Waals surface area (Å²) in [5, 5.41) is 9.67. The number of hydrogen-bond acceptors (Lipinski definition) is 5. The fourth-order valence-electron chi connectivity index (χ4n) is 2.64. The molecule has 1 aromatic heterocycles. The third kappa shape index (κ3) is 3.27. The predicted molar refractivity (Wildman–Crippen MR) is 92.1 cm³/mol. The van der Waals surface area contributed by atoms with Crippen molar-refractivity contribution in [3.63, 3.8) is 0 Å². The first-order valence-electron chi connectivity index (χ1n) is 7.77. The van der Waals surface area contributed by atoms with Crippen LogP contribution >= 0.6 is 0 Å². The van der Waals surface area contributed by atoms with E-state index in [1.54, 1.807) is 26.0 Å². The molecule has 0 amide bonds. The predicted octanol–water partition coefficient (Wildman–Crippen LogP) is 4.17. The van der Waals surface area contributed by atoms with Gasteiger partial charge in [-0.3, -0.25) is 5.26 Å². The normalized spacial score (nSPS) is 20.3. The first kappa shape index (κ1) is 16.5. The molecule has 2 aromatic rings. The van der Waals surface area contributed by atoms with Gasteiger partial charge in [0.1, 0.15) is 22.5 Å². The molecule has 5 heteroatoms. The minimum absolute atomic E-state index is 0.383. The van der Waals surface area contributed by atoms with Crippen LogP contribution in [0.3, 0.4) is 0 Å². The molecule has 1 aliphatic heterocycles. The van der Waals surface area contributed by atoms with Crippen LogP contribution in [0.25, 0.3) is 17.0 Å². The summed E-state index contributed by atoms with van der Waals surface area (Å²) >= 11 is 0. The second kappa shape index (κ2) is 5.92. The summed E-state index contributed by atoms with van der Waals surface area (Å²) in [6.07, 6.45) is 8.16. The molecule has 0 saturated carbocycles. The van der Waals surface area contributed by atoms with E-state index in [2.05, 4.69) is 4.89 Å². The van der Waals surface area contributed by atoms with Crippen LogP contribution in [-0.2, 0) is 4.89 Å². The molecule has 2 heterocycles. The fraction of sp³-hybridized carbons (Fsp3) is 0.316. The maximum absolute atomic E-state index is 11.5. The fourth-order valence-corrected chi connectivity index (χ4v) is 2.64. The van der Waals surface area contributed by atoms with Crippen LogP contribution in [0.5, 0.6) is 5.75 Å². The molecule has 1 unspecified atom stereocenters. The Morgan fingerprint density at radius 1 is 1.29 bits per heavy atom. The largest absolute Gasteiger partial charge is 0.482 e. The Morgan fingerprint density at radius 3 is 2.79 bits per heavy atom. The molecule has 126 valence electrons. The lowest BCUT2D eigenvalue weighted by atomic mass is 9.95. The van der Waals surface area contributed by atoms with Crippen molar-refractivity contribution < 1.29 is 19.3 Å². The topological polar surface area (TPSA) is 68.9 Å². The molecule has 24 heavy (non-hydrogen) atoms. The third-order valence-electron chi connectivity index (χ3n) is 4.01. The van der Waals surface area contributed by atoms with Gasteiger partial charge in [-0.15, -0.1) is 0 Å². The van der Waals surface area contributed by atoms with Gasteiger partial charge in [-0.05, 0) is 51.1 Å². The molecule has 0 radical (unpaired) electrons. The Labute approximate surface area is 139 Å². The van der Waals surface area contributed by atoms with Crippen LogP contribution in [0.2, 0.25) is 0 Å². The highest BCUT2D eigenvalue weighted by atomic mass is 17.1. The minimum Gasteiger partial charge on any atom is -0.482 e. The molecule has 0 saturated heterocycles. The van der Waals surface area contributed by atoms with Crippen molar-refractivity contribution in [2.24, 2.45) is 0 Å². The lowest BCUT2D eigenvalue weighted by Crippen LogP contribution is -2.31. The highest BCUT2D eigenvalue weighted by Gasteiger charge is 2.28. The van der Waals surface area contributed by atoms with Gasteiger partial charge < -0.3 is 9.15 Å². The maximum Gasteiger partial charge on any atom is 0.336 e. The van der Waals surface area contributed by atoms with Crippen LogP contribution in [-0.4, -0.2) is 16.5 Å². The highest BCUT2D eigenvalue weighted by Crippen LogP contribution is 2.37. The second-order valence-electron chi connectivity index (χ2n) is 6.70. The van der Waals surface area contributed by atoms with Gasteiger partial charge in [0.2, 0.25) is 0 Å². The number of fused-ring (bicyclic) bond motifs is 3. The molecule has 0 spiro atoms. The Hall–Kier alpha value is -2.37. The molecule has 0 aliphatic carbocycles. The first-order chi connectivity index (χ1) is 11.3. The van der Waals surface area contributed by atoms with Gasteiger partial charge in [0.05, 0.1) is 5.56 Å². The van der Waals surface area contributed by atoms with Crippen LogP contribution in [0.1, 0.15) is 32.8 Å². The van der Waals surface area contributed by atoms with Crippen molar-refractivity contribution >= 4 is 17.0 Å². The van der Waals surface area contributed by atoms with Gasteiger partial charge in [-0.25, -0.2) is 9.68 Å². The van der Waals surface area contributed by atoms with E-state index in [9.17, 15) is 4.79 Å². The molecule has 0 fully saturated rings. The molecule has 3 rings (SSSR count). The summed E-state index contributed by atoms with van der Waals surface area (Å²) in [6.45, 7) is 5.48. The molecule has 1 aliphatic rings. The van der Waals surface area contributed by atoms with Crippen molar-refractivity contribution in [3.8, 4) is 5.75 Å². The quantitative estimate of drug-likeness (QED) is 0.395. The van der Waals surface area contributed by atoms with Crippen LogP contribution < -0.4 is 10.4 Å². The zero-order chi connectivity index (χ0) is 17.4. The molecule has 0 bridgehead atoms. The van der Waals surface area contributed by atoms with Crippen LogP contribution in [0, 0.1) is 0 Å². The Bertz CT molecular complexity index is 875. The summed E-state index contributed by atoms with van der Waals surface area (Å²) in [4.78, 5) is 15.9. The van der Waals surface area contributed by atoms with Gasteiger partial charge in [0.15, 0.2) is 0 Å². The van der Waals surface area contributed by atoms with E-state index < -0.39 is 11.2 Å². The average molecular weight is 328 g/mol. The second-order valence-corrected chi connectivity index (χ2v) is 6.70. The maximum atomic E-state index is 11.5. The van der Waals surface area contributed by atoms with E-state index in [-0.39, 0.29) is 5.63 Å². The zero-order valence-electron chi connectivity index (χ0n) is 13.9. The minimum atomic E-state index is -0.744. The van der Waals surface area contributed by atoms with E-state index in [1.807, 2.05) is 37.3 Å². The average Bonchev–Trinajstić information content (AvgIpc) is 2.54. The highest BCUT2D eigenvalue weighted by molar-refractivity contribution is 5.89. The molecule has 5 nitrogen and oxygen atoms in total. The lowest BCUT2D eigenvalue weighted by Gasteiger charge is -2.31. The van der Waals surface area contributed by atoms with E-state index >= 15 is 0 Å². The van der Waals surface area contributed by atoms with E-state index in [4.69, 9.17) is 14.4 Å². The van der Waals surface area contributed by atoms with Crippen molar-refractivity contribution in [1.82, 2.24) is 0 Å². The monoisotopic (exact) mass is 328 g/mol. The molecular formula is C19H20O5. The van der Waals surface area contributed by atoms with Crippen LogP contribution in [0.15, 0.2) is 51.7 Å². The molecule has 1 N–H and O–H groups in total. The van der Waals surface area contributed by atoms with E-state index in [1.165, 1.54) is 6.07 Å². The summed E-state index contributed by atoms with van der Waals surface area (Å²) in [5.74, 6) is 0.674. The van der Waals surface area contributed by atoms with Crippen molar-refractivity contribution in [2.45, 2.75) is 38.4 Å². The van der Waals surface area contributed by atoms with Crippen molar-refractivity contribution in [2.75, 3.05) is 0 Å². The molecule has 1 aromatic carbocycles. The Morgan fingerprint density at radius 2 is 2.04 bits per heavy atom. The Balaban J connectivity index is 1.89. The summed E-state index contributed by atoms with van der Waals surface area (Å²) in [6, 6.07) is 6.89. The number of hydrogen-bond donors (Lipinski definition) is 1.